The zero-order valence-electron chi connectivity index (χ0n) is 18.8. The van der Waals surface area contributed by atoms with E-state index < -0.39 is 0 Å². The van der Waals surface area contributed by atoms with E-state index >= 15 is 0 Å². The molecule has 3 aromatic rings. The number of aromatic nitrogens is 3. The van der Waals surface area contributed by atoms with E-state index in [1.807, 2.05) is 31.2 Å². The molecule has 168 valence electrons. The SMILES string of the molecule is C=CC=C(CC=O)c1nc(N2CCOCC2)nc2c1CCN2c1cc(C)nc2ccccc12. The van der Waals surface area contributed by atoms with Gasteiger partial charge in [0.05, 0.1) is 30.1 Å². The highest BCUT2D eigenvalue weighted by Crippen LogP contribution is 2.40. The average molecular weight is 442 g/mol. The predicted molar refractivity (Wildman–Crippen MR) is 131 cm³/mol. The third kappa shape index (κ3) is 4.00. The van der Waals surface area contributed by atoms with E-state index in [2.05, 4.69) is 28.5 Å². The lowest BCUT2D eigenvalue weighted by molar-refractivity contribution is -0.107. The van der Waals surface area contributed by atoms with Crippen LogP contribution in [0.5, 0.6) is 0 Å². The van der Waals surface area contributed by atoms with Crippen molar-refractivity contribution in [1.82, 2.24) is 15.0 Å². The fourth-order valence-corrected chi connectivity index (χ4v) is 4.63. The Kier molecular flexibility index (Phi) is 5.88. The van der Waals surface area contributed by atoms with Gasteiger partial charge in [0.15, 0.2) is 0 Å². The van der Waals surface area contributed by atoms with Gasteiger partial charge < -0.3 is 19.3 Å². The number of ether oxygens (including phenoxy) is 1. The molecule has 1 saturated heterocycles. The van der Waals surface area contributed by atoms with Gasteiger partial charge in [-0.05, 0) is 31.1 Å². The molecule has 2 aromatic heterocycles. The first kappa shape index (κ1) is 21.3. The molecular formula is C26H27N5O2. The fraction of sp³-hybridized carbons (Fsp3) is 0.308. The normalized spacial score (nSPS) is 16.2. The first-order valence-corrected chi connectivity index (χ1v) is 11.3. The van der Waals surface area contributed by atoms with Crippen LogP contribution in [0.2, 0.25) is 0 Å². The molecular weight excluding hydrogens is 414 g/mol. The molecule has 0 atom stereocenters. The number of nitrogens with zero attached hydrogens (tertiary/aromatic N) is 5. The number of para-hydroxylation sites is 1. The number of fused-ring (bicyclic) bond motifs is 2. The summed E-state index contributed by atoms with van der Waals surface area (Å²) in [6.45, 7) is 9.43. The minimum Gasteiger partial charge on any atom is -0.378 e. The summed E-state index contributed by atoms with van der Waals surface area (Å²) in [5.74, 6) is 1.58. The molecule has 0 saturated carbocycles. The van der Waals surface area contributed by atoms with E-state index in [1.165, 1.54) is 0 Å². The van der Waals surface area contributed by atoms with Crippen LogP contribution >= 0.6 is 0 Å². The summed E-state index contributed by atoms with van der Waals surface area (Å²) in [6, 6.07) is 10.3. The fourth-order valence-electron chi connectivity index (χ4n) is 4.63. The molecule has 0 bridgehead atoms. The van der Waals surface area contributed by atoms with Gasteiger partial charge in [0.1, 0.15) is 12.1 Å². The summed E-state index contributed by atoms with van der Waals surface area (Å²) in [4.78, 5) is 30.6. The molecule has 2 aliphatic rings. The van der Waals surface area contributed by atoms with E-state index in [1.54, 1.807) is 6.08 Å². The second-order valence-electron chi connectivity index (χ2n) is 8.27. The van der Waals surface area contributed by atoms with E-state index in [0.717, 1.165) is 77.3 Å². The van der Waals surface area contributed by atoms with Crippen LogP contribution in [0.4, 0.5) is 17.5 Å². The van der Waals surface area contributed by atoms with Crippen molar-refractivity contribution in [2.45, 2.75) is 19.8 Å². The lowest BCUT2D eigenvalue weighted by Crippen LogP contribution is -2.37. The molecule has 0 N–H and O–H groups in total. The van der Waals surface area contributed by atoms with Gasteiger partial charge in [-0.15, -0.1) is 0 Å². The number of aryl methyl sites for hydroxylation is 1. The Balaban J connectivity index is 1.70. The molecule has 7 heteroatoms. The molecule has 2 aliphatic heterocycles. The topological polar surface area (TPSA) is 71.5 Å². The maximum atomic E-state index is 11.5. The van der Waals surface area contributed by atoms with Gasteiger partial charge in [-0.3, -0.25) is 4.98 Å². The largest absolute Gasteiger partial charge is 0.378 e. The highest BCUT2D eigenvalue weighted by molar-refractivity contribution is 5.95. The van der Waals surface area contributed by atoms with Crippen LogP contribution in [0.25, 0.3) is 16.5 Å². The molecule has 0 radical (unpaired) electrons. The number of anilines is 3. The summed E-state index contributed by atoms with van der Waals surface area (Å²) in [6.07, 6.45) is 5.61. The molecule has 1 aromatic carbocycles. The minimum atomic E-state index is 0.287. The Morgan fingerprint density at radius 1 is 1.15 bits per heavy atom. The maximum absolute atomic E-state index is 11.5. The molecule has 0 unspecified atom stereocenters. The van der Waals surface area contributed by atoms with Crippen molar-refractivity contribution in [3.05, 3.63) is 66.0 Å². The number of carbonyl (C=O) groups is 1. The number of hydrogen-bond donors (Lipinski definition) is 0. The van der Waals surface area contributed by atoms with Gasteiger partial charge in [0, 0.05) is 42.7 Å². The van der Waals surface area contributed by atoms with Crippen molar-refractivity contribution in [3.63, 3.8) is 0 Å². The third-order valence-electron chi connectivity index (χ3n) is 6.15. The van der Waals surface area contributed by atoms with E-state index in [0.29, 0.717) is 19.2 Å². The number of morpholine rings is 1. The zero-order valence-corrected chi connectivity index (χ0v) is 18.8. The van der Waals surface area contributed by atoms with Crippen molar-refractivity contribution in [3.8, 4) is 0 Å². The number of carbonyl (C=O) groups excluding carboxylic acids is 1. The van der Waals surface area contributed by atoms with Crippen LogP contribution in [0.15, 0.2) is 49.1 Å². The predicted octanol–water partition coefficient (Wildman–Crippen LogP) is 4.02. The molecule has 0 amide bonds. The quantitative estimate of drug-likeness (QED) is 0.423. The smallest absolute Gasteiger partial charge is 0.228 e. The number of benzene rings is 1. The Bertz CT molecular complexity index is 1250. The lowest BCUT2D eigenvalue weighted by atomic mass is 10.0. The van der Waals surface area contributed by atoms with Gasteiger partial charge in [-0.2, -0.15) is 4.98 Å². The summed E-state index contributed by atoms with van der Waals surface area (Å²) >= 11 is 0. The number of allylic oxidation sites excluding steroid dienone is 3. The van der Waals surface area contributed by atoms with Gasteiger partial charge in [0.25, 0.3) is 0 Å². The summed E-state index contributed by atoms with van der Waals surface area (Å²) in [7, 11) is 0. The van der Waals surface area contributed by atoms with Gasteiger partial charge in [-0.25, -0.2) is 4.98 Å². The first-order valence-electron chi connectivity index (χ1n) is 11.3. The lowest BCUT2D eigenvalue weighted by Gasteiger charge is -2.29. The van der Waals surface area contributed by atoms with E-state index in [4.69, 9.17) is 19.7 Å². The molecule has 33 heavy (non-hydrogen) atoms. The van der Waals surface area contributed by atoms with Crippen LogP contribution in [-0.2, 0) is 16.0 Å². The number of hydrogen-bond acceptors (Lipinski definition) is 7. The van der Waals surface area contributed by atoms with Crippen LogP contribution in [0.3, 0.4) is 0 Å². The Labute approximate surface area is 193 Å². The standard InChI is InChI=1S/C26H27N5O2/c1-3-6-19(10-14-32)24-21-9-11-31(23-17-18(2)27-22-8-5-4-7-20(22)23)25(21)29-26(28-24)30-12-15-33-16-13-30/h3-8,14,17H,1,9-13,15-16H2,2H3. The molecule has 0 aliphatic carbocycles. The van der Waals surface area contributed by atoms with E-state index in [9.17, 15) is 4.79 Å². The molecule has 4 heterocycles. The van der Waals surface area contributed by atoms with Gasteiger partial charge in [-0.1, -0.05) is 36.9 Å². The van der Waals surface area contributed by atoms with Gasteiger partial charge in [0.2, 0.25) is 5.95 Å². The monoisotopic (exact) mass is 441 g/mol. The Hall–Kier alpha value is -3.58. The Morgan fingerprint density at radius 3 is 2.76 bits per heavy atom. The molecule has 5 rings (SSSR count). The molecule has 7 nitrogen and oxygen atoms in total. The second kappa shape index (κ2) is 9.11. The van der Waals surface area contributed by atoms with Crippen molar-refractivity contribution in [2.75, 3.05) is 42.6 Å². The van der Waals surface area contributed by atoms with Crippen molar-refractivity contribution < 1.29 is 9.53 Å². The van der Waals surface area contributed by atoms with Crippen LogP contribution in [0, 0.1) is 6.92 Å². The maximum Gasteiger partial charge on any atom is 0.228 e. The van der Waals surface area contributed by atoms with E-state index in [-0.39, 0.29) is 6.42 Å². The third-order valence-corrected chi connectivity index (χ3v) is 6.15. The summed E-state index contributed by atoms with van der Waals surface area (Å²) < 4.78 is 5.53. The zero-order chi connectivity index (χ0) is 22.8. The number of aldehydes is 1. The number of pyridine rings is 1. The highest BCUT2D eigenvalue weighted by Gasteiger charge is 2.30. The van der Waals surface area contributed by atoms with Gasteiger partial charge >= 0.3 is 0 Å². The molecule has 1 fully saturated rings. The van der Waals surface area contributed by atoms with Crippen LogP contribution in [-0.4, -0.2) is 54.1 Å². The van der Waals surface area contributed by atoms with Crippen LogP contribution < -0.4 is 9.80 Å². The minimum absolute atomic E-state index is 0.287. The van der Waals surface area contributed by atoms with Crippen molar-refractivity contribution in [1.29, 1.82) is 0 Å². The Morgan fingerprint density at radius 2 is 1.97 bits per heavy atom. The molecule has 0 spiro atoms. The summed E-state index contributed by atoms with van der Waals surface area (Å²) in [5.41, 5.74) is 5.81. The summed E-state index contributed by atoms with van der Waals surface area (Å²) in [5, 5.41) is 1.10. The van der Waals surface area contributed by atoms with Crippen LogP contribution in [0.1, 0.15) is 23.4 Å². The first-order chi connectivity index (χ1) is 16.2. The van der Waals surface area contributed by atoms with Crippen molar-refractivity contribution in [2.24, 2.45) is 0 Å². The van der Waals surface area contributed by atoms with Crippen molar-refractivity contribution >= 4 is 40.2 Å². The second-order valence-corrected chi connectivity index (χ2v) is 8.27. The average Bonchev–Trinajstić information content (AvgIpc) is 3.27. The number of rotatable bonds is 6. The highest BCUT2D eigenvalue weighted by atomic mass is 16.5.